The molecule has 1 aliphatic heterocycles. The zero-order valence-corrected chi connectivity index (χ0v) is 12.5. The van der Waals surface area contributed by atoms with Crippen LogP contribution in [0.2, 0.25) is 0 Å². The molecule has 1 atom stereocenters. The van der Waals surface area contributed by atoms with Gasteiger partial charge in [-0.25, -0.2) is 0 Å². The minimum atomic E-state index is -0.124. The number of aromatic hydroxyl groups is 1. The molecule has 2 nitrogen and oxygen atoms in total. The van der Waals surface area contributed by atoms with Crippen LogP contribution in [-0.4, -0.2) is 5.11 Å². The predicted octanol–water partition coefficient (Wildman–Crippen LogP) is 5.01. The highest BCUT2D eigenvalue weighted by atomic mass is 16.5. The fourth-order valence-electron chi connectivity index (χ4n) is 2.90. The molecule has 0 amide bonds. The van der Waals surface area contributed by atoms with Crippen molar-refractivity contribution in [1.82, 2.24) is 0 Å². The van der Waals surface area contributed by atoms with Crippen LogP contribution in [0.25, 0.3) is 11.8 Å². The van der Waals surface area contributed by atoms with Crippen molar-refractivity contribution in [2.24, 2.45) is 0 Å². The molecule has 0 aromatic heterocycles. The molecule has 2 heteroatoms. The van der Waals surface area contributed by atoms with E-state index in [1.54, 1.807) is 12.1 Å². The first kappa shape index (κ1) is 13.6. The highest BCUT2D eigenvalue weighted by Crippen LogP contribution is 2.39. The van der Waals surface area contributed by atoms with E-state index in [1.807, 2.05) is 42.5 Å². The average molecular weight is 300 g/mol. The molecule has 0 aliphatic carbocycles. The Bertz CT molecular complexity index is 849. The molecule has 4 rings (SSSR count). The first-order valence-electron chi connectivity index (χ1n) is 7.63. The topological polar surface area (TPSA) is 29.5 Å². The first-order valence-corrected chi connectivity index (χ1v) is 7.63. The predicted molar refractivity (Wildman–Crippen MR) is 91.8 cm³/mol. The number of phenols is 1. The van der Waals surface area contributed by atoms with Crippen LogP contribution < -0.4 is 0 Å². The van der Waals surface area contributed by atoms with Crippen LogP contribution in [0.5, 0.6) is 5.75 Å². The summed E-state index contributed by atoms with van der Waals surface area (Å²) >= 11 is 0. The van der Waals surface area contributed by atoms with Crippen molar-refractivity contribution < 1.29 is 9.84 Å². The van der Waals surface area contributed by atoms with Crippen molar-refractivity contribution in [2.45, 2.75) is 6.10 Å². The molecule has 0 saturated carbocycles. The lowest BCUT2D eigenvalue weighted by atomic mass is 9.93. The summed E-state index contributed by atoms with van der Waals surface area (Å²) in [5, 5.41) is 9.48. The van der Waals surface area contributed by atoms with Crippen molar-refractivity contribution in [1.29, 1.82) is 0 Å². The summed E-state index contributed by atoms with van der Waals surface area (Å²) in [6, 6.07) is 25.6. The minimum absolute atomic E-state index is 0.124. The van der Waals surface area contributed by atoms with Gasteiger partial charge in [0.05, 0.1) is 0 Å². The smallest absolute Gasteiger partial charge is 0.149 e. The zero-order valence-electron chi connectivity index (χ0n) is 12.5. The van der Waals surface area contributed by atoms with Crippen molar-refractivity contribution in [3.63, 3.8) is 0 Å². The van der Waals surface area contributed by atoms with E-state index in [9.17, 15) is 5.11 Å². The number of phenolic OH excluding ortho intramolecular Hbond substituents is 1. The van der Waals surface area contributed by atoms with Crippen LogP contribution >= 0.6 is 0 Å². The molecular formula is C21H16O2. The summed E-state index contributed by atoms with van der Waals surface area (Å²) in [7, 11) is 0. The van der Waals surface area contributed by atoms with E-state index in [4.69, 9.17) is 4.74 Å². The Kier molecular flexibility index (Phi) is 3.35. The van der Waals surface area contributed by atoms with Gasteiger partial charge < -0.3 is 9.84 Å². The SMILES string of the molecule is Oc1ccc(C2=Cc3ccccc3[C@@H](c3ccccc3)O2)cc1. The summed E-state index contributed by atoms with van der Waals surface area (Å²) in [4.78, 5) is 0. The van der Waals surface area contributed by atoms with E-state index in [-0.39, 0.29) is 11.9 Å². The fraction of sp³-hybridized carbons (Fsp3) is 0.0476. The molecule has 112 valence electrons. The molecule has 0 fully saturated rings. The van der Waals surface area contributed by atoms with Crippen molar-refractivity contribution in [2.75, 3.05) is 0 Å². The lowest BCUT2D eigenvalue weighted by molar-refractivity contribution is 0.206. The Morgan fingerprint density at radius 3 is 2.22 bits per heavy atom. The lowest BCUT2D eigenvalue weighted by Crippen LogP contribution is -2.11. The second kappa shape index (κ2) is 5.65. The zero-order chi connectivity index (χ0) is 15.6. The highest BCUT2D eigenvalue weighted by Gasteiger charge is 2.24. The largest absolute Gasteiger partial charge is 0.508 e. The molecule has 0 saturated heterocycles. The van der Waals surface area contributed by atoms with E-state index >= 15 is 0 Å². The van der Waals surface area contributed by atoms with Crippen LogP contribution in [0.1, 0.15) is 28.4 Å². The molecule has 0 bridgehead atoms. The molecule has 0 unspecified atom stereocenters. The van der Waals surface area contributed by atoms with E-state index in [2.05, 4.69) is 30.3 Å². The quantitative estimate of drug-likeness (QED) is 0.721. The van der Waals surface area contributed by atoms with E-state index < -0.39 is 0 Å². The van der Waals surface area contributed by atoms with Gasteiger partial charge in [-0.15, -0.1) is 0 Å². The Morgan fingerprint density at radius 1 is 0.739 bits per heavy atom. The summed E-state index contributed by atoms with van der Waals surface area (Å²) in [5.74, 6) is 1.07. The number of benzene rings is 3. The van der Waals surface area contributed by atoms with E-state index in [0.29, 0.717) is 0 Å². The van der Waals surface area contributed by atoms with Gasteiger partial charge in [0, 0.05) is 11.1 Å². The minimum Gasteiger partial charge on any atom is -0.508 e. The second-order valence-electron chi connectivity index (χ2n) is 5.59. The Balaban J connectivity index is 1.82. The molecule has 3 aromatic carbocycles. The molecule has 0 spiro atoms. The standard InChI is InChI=1S/C21H16O2/c22-18-12-10-15(11-13-18)20-14-17-8-4-5-9-19(17)21(23-20)16-6-2-1-3-7-16/h1-14,21-22H/t21-/m1/s1. The summed E-state index contributed by atoms with van der Waals surface area (Å²) in [6.45, 7) is 0. The van der Waals surface area contributed by atoms with Gasteiger partial charge in [-0.2, -0.15) is 0 Å². The molecule has 23 heavy (non-hydrogen) atoms. The van der Waals surface area contributed by atoms with Crippen molar-refractivity contribution in [3.05, 3.63) is 101 Å². The highest BCUT2D eigenvalue weighted by molar-refractivity contribution is 5.81. The van der Waals surface area contributed by atoms with Crippen LogP contribution in [0.15, 0.2) is 78.9 Å². The molecule has 1 heterocycles. The van der Waals surface area contributed by atoms with Gasteiger partial charge in [0.1, 0.15) is 17.6 Å². The van der Waals surface area contributed by atoms with Gasteiger partial charge in [-0.3, -0.25) is 0 Å². The Labute approximate surface area is 135 Å². The first-order chi connectivity index (χ1) is 11.3. The van der Waals surface area contributed by atoms with Gasteiger partial charge in [0.25, 0.3) is 0 Å². The van der Waals surface area contributed by atoms with E-state index in [1.165, 1.54) is 5.56 Å². The Hall–Kier alpha value is -3.00. The lowest BCUT2D eigenvalue weighted by Gasteiger charge is -2.27. The van der Waals surface area contributed by atoms with Gasteiger partial charge in [-0.1, -0.05) is 54.6 Å². The van der Waals surface area contributed by atoms with Gasteiger partial charge in [-0.05, 0) is 41.5 Å². The Morgan fingerprint density at radius 2 is 1.43 bits per heavy atom. The maximum atomic E-state index is 9.48. The third-order valence-electron chi connectivity index (χ3n) is 4.06. The normalized spacial score (nSPS) is 16.2. The summed E-state index contributed by atoms with van der Waals surface area (Å²) in [5.41, 5.74) is 4.42. The number of rotatable bonds is 2. The van der Waals surface area contributed by atoms with Crippen LogP contribution in [-0.2, 0) is 4.74 Å². The van der Waals surface area contributed by atoms with Crippen molar-refractivity contribution in [3.8, 4) is 5.75 Å². The van der Waals surface area contributed by atoms with Crippen molar-refractivity contribution >= 4 is 11.8 Å². The molecule has 1 aliphatic rings. The summed E-state index contributed by atoms with van der Waals surface area (Å²) in [6.07, 6.45) is 1.93. The van der Waals surface area contributed by atoms with E-state index in [0.717, 1.165) is 22.4 Å². The maximum Gasteiger partial charge on any atom is 0.149 e. The number of hydrogen-bond acceptors (Lipinski definition) is 2. The maximum absolute atomic E-state index is 9.48. The van der Waals surface area contributed by atoms with Crippen LogP contribution in [0, 0.1) is 0 Å². The fourth-order valence-corrected chi connectivity index (χ4v) is 2.90. The third kappa shape index (κ3) is 2.59. The number of fused-ring (bicyclic) bond motifs is 1. The van der Waals surface area contributed by atoms with Crippen LogP contribution in [0.4, 0.5) is 0 Å². The average Bonchev–Trinajstić information content (AvgIpc) is 2.62. The van der Waals surface area contributed by atoms with Gasteiger partial charge in [0.2, 0.25) is 0 Å². The molecule has 3 aromatic rings. The number of hydrogen-bond donors (Lipinski definition) is 1. The molecule has 0 radical (unpaired) electrons. The number of ether oxygens (including phenoxy) is 1. The van der Waals surface area contributed by atoms with Gasteiger partial charge >= 0.3 is 0 Å². The van der Waals surface area contributed by atoms with Gasteiger partial charge in [0.15, 0.2) is 0 Å². The third-order valence-corrected chi connectivity index (χ3v) is 4.06. The second-order valence-corrected chi connectivity index (χ2v) is 5.59. The molecule has 1 N–H and O–H groups in total. The summed E-state index contributed by atoms with van der Waals surface area (Å²) < 4.78 is 6.30. The molecular weight excluding hydrogens is 284 g/mol. The van der Waals surface area contributed by atoms with Crippen LogP contribution in [0.3, 0.4) is 0 Å². The monoisotopic (exact) mass is 300 g/mol.